The van der Waals surface area contributed by atoms with Crippen LogP contribution in [0, 0.1) is 6.92 Å². The van der Waals surface area contributed by atoms with Gasteiger partial charge >= 0.3 is 5.97 Å². The van der Waals surface area contributed by atoms with Crippen LogP contribution in [0.25, 0.3) is 0 Å². The lowest BCUT2D eigenvalue weighted by atomic mass is 10.2. The van der Waals surface area contributed by atoms with Gasteiger partial charge in [0.05, 0.1) is 31.7 Å². The minimum absolute atomic E-state index is 0.0619. The van der Waals surface area contributed by atoms with Gasteiger partial charge in [-0.25, -0.2) is 9.78 Å². The van der Waals surface area contributed by atoms with Gasteiger partial charge < -0.3 is 14.2 Å². The molecule has 7 nitrogen and oxygen atoms in total. The van der Waals surface area contributed by atoms with Crippen LogP contribution in [0.4, 0.5) is 5.13 Å². The molecule has 0 atom stereocenters. The highest BCUT2D eigenvalue weighted by atomic mass is 32.1. The molecule has 0 radical (unpaired) electrons. The third-order valence-electron chi connectivity index (χ3n) is 3.18. The highest BCUT2D eigenvalue weighted by molar-refractivity contribution is 7.17. The third-order valence-corrected chi connectivity index (χ3v) is 4.22. The van der Waals surface area contributed by atoms with Gasteiger partial charge in [-0.3, -0.25) is 5.43 Å². The molecule has 2 rings (SSSR count). The fraction of sp³-hybridized carbons (Fsp3) is 0.389. The van der Waals surface area contributed by atoms with Gasteiger partial charge in [0, 0.05) is 0 Å². The first-order chi connectivity index (χ1) is 12.4. The van der Waals surface area contributed by atoms with Crippen molar-refractivity contribution in [2.45, 2.75) is 33.8 Å². The van der Waals surface area contributed by atoms with Gasteiger partial charge in [0.1, 0.15) is 4.88 Å². The van der Waals surface area contributed by atoms with E-state index in [1.54, 1.807) is 27.2 Å². The zero-order valence-corrected chi connectivity index (χ0v) is 16.3. The number of nitrogens with zero attached hydrogens (tertiary/aromatic N) is 2. The summed E-state index contributed by atoms with van der Waals surface area (Å²) in [7, 11) is 1.59. The Hall–Kier alpha value is -2.61. The summed E-state index contributed by atoms with van der Waals surface area (Å²) in [6.07, 6.45) is 1.70. The van der Waals surface area contributed by atoms with Gasteiger partial charge in [-0.1, -0.05) is 11.3 Å². The van der Waals surface area contributed by atoms with E-state index in [0.29, 0.717) is 33.8 Å². The number of hydrogen-bond acceptors (Lipinski definition) is 8. The van der Waals surface area contributed by atoms with Crippen LogP contribution in [0.3, 0.4) is 0 Å². The average molecular weight is 377 g/mol. The Bertz CT molecular complexity index is 787. The lowest BCUT2D eigenvalue weighted by Gasteiger charge is -2.13. The van der Waals surface area contributed by atoms with E-state index in [1.165, 1.54) is 11.3 Å². The standard InChI is InChI=1S/C18H23N3O4S/c1-6-24-17(22)16-12(4)20-18(26-16)21-19-10-13-7-8-14(25-11(2)3)15(9-13)23-5/h7-11H,6H2,1-5H3,(H,20,21)/b19-10-. The zero-order chi connectivity index (χ0) is 19.1. The van der Waals surface area contributed by atoms with Crippen LogP contribution in [0.5, 0.6) is 11.5 Å². The molecule has 0 fully saturated rings. The summed E-state index contributed by atoms with van der Waals surface area (Å²) in [5.74, 6) is 0.949. The quantitative estimate of drug-likeness (QED) is 0.427. The van der Waals surface area contributed by atoms with Crippen molar-refractivity contribution < 1.29 is 19.0 Å². The number of benzene rings is 1. The molecule has 0 saturated heterocycles. The first-order valence-corrected chi connectivity index (χ1v) is 9.04. The molecular formula is C18H23N3O4S. The molecule has 1 aromatic carbocycles. The number of esters is 1. The summed E-state index contributed by atoms with van der Waals surface area (Å²) in [5, 5.41) is 4.68. The molecular weight excluding hydrogens is 354 g/mol. The van der Waals surface area contributed by atoms with Crippen molar-refractivity contribution in [3.05, 3.63) is 34.3 Å². The number of aromatic nitrogens is 1. The number of hydrogen-bond donors (Lipinski definition) is 1. The molecule has 0 saturated carbocycles. The Morgan fingerprint density at radius 3 is 2.81 bits per heavy atom. The van der Waals surface area contributed by atoms with Gasteiger partial charge in [0.2, 0.25) is 5.13 Å². The van der Waals surface area contributed by atoms with Crippen molar-refractivity contribution in [3.8, 4) is 11.5 Å². The van der Waals surface area contributed by atoms with Crippen LogP contribution < -0.4 is 14.9 Å². The summed E-state index contributed by atoms with van der Waals surface area (Å²) in [5.41, 5.74) is 4.28. The maximum atomic E-state index is 11.8. The Balaban J connectivity index is 2.06. The van der Waals surface area contributed by atoms with E-state index >= 15 is 0 Å². The molecule has 0 aliphatic rings. The number of anilines is 1. The van der Waals surface area contributed by atoms with Crippen molar-refractivity contribution in [2.24, 2.45) is 5.10 Å². The molecule has 0 bridgehead atoms. The van der Waals surface area contributed by atoms with Crippen LogP contribution in [0.15, 0.2) is 23.3 Å². The molecule has 1 N–H and O–H groups in total. The highest BCUT2D eigenvalue weighted by Gasteiger charge is 2.16. The average Bonchev–Trinajstić information content (AvgIpc) is 2.96. The predicted molar refractivity (Wildman–Crippen MR) is 103 cm³/mol. The Morgan fingerprint density at radius 2 is 2.15 bits per heavy atom. The molecule has 0 aliphatic carbocycles. The van der Waals surface area contributed by atoms with Gasteiger partial charge in [0.15, 0.2) is 11.5 Å². The van der Waals surface area contributed by atoms with Crippen LogP contribution in [0.1, 0.15) is 41.7 Å². The maximum absolute atomic E-state index is 11.8. The summed E-state index contributed by atoms with van der Waals surface area (Å²) in [6.45, 7) is 7.77. The number of methoxy groups -OCH3 is 1. The minimum Gasteiger partial charge on any atom is -0.493 e. The highest BCUT2D eigenvalue weighted by Crippen LogP contribution is 2.28. The minimum atomic E-state index is -0.370. The maximum Gasteiger partial charge on any atom is 0.350 e. The molecule has 8 heteroatoms. The molecule has 1 aromatic heterocycles. The topological polar surface area (TPSA) is 82.0 Å². The fourth-order valence-electron chi connectivity index (χ4n) is 2.11. The number of rotatable bonds is 8. The summed E-state index contributed by atoms with van der Waals surface area (Å²) in [6, 6.07) is 5.55. The van der Waals surface area contributed by atoms with Crippen molar-refractivity contribution in [3.63, 3.8) is 0 Å². The van der Waals surface area contributed by atoms with Crippen LogP contribution >= 0.6 is 11.3 Å². The third kappa shape index (κ3) is 5.19. The molecule has 140 valence electrons. The number of nitrogens with one attached hydrogen (secondary N) is 1. The summed E-state index contributed by atoms with van der Waals surface area (Å²) in [4.78, 5) is 16.6. The number of carbonyl (C=O) groups excluding carboxylic acids is 1. The SMILES string of the molecule is CCOC(=O)c1sc(N/N=C\c2ccc(OC(C)C)c(OC)c2)nc1C. The summed E-state index contributed by atoms with van der Waals surface area (Å²) >= 11 is 1.20. The fourth-order valence-corrected chi connectivity index (χ4v) is 2.92. The van der Waals surface area contributed by atoms with Gasteiger partial charge in [-0.2, -0.15) is 5.10 Å². The van der Waals surface area contributed by atoms with Crippen LogP contribution in [-0.4, -0.2) is 37.0 Å². The van der Waals surface area contributed by atoms with Crippen LogP contribution in [-0.2, 0) is 4.74 Å². The lowest BCUT2D eigenvalue weighted by molar-refractivity contribution is 0.0531. The van der Waals surface area contributed by atoms with E-state index in [1.807, 2.05) is 32.0 Å². The number of ether oxygens (including phenoxy) is 3. The second-order valence-corrected chi connectivity index (χ2v) is 6.60. The first-order valence-electron chi connectivity index (χ1n) is 8.22. The van der Waals surface area contributed by atoms with E-state index in [-0.39, 0.29) is 12.1 Å². The Labute approximate surface area is 157 Å². The van der Waals surface area contributed by atoms with Crippen molar-refractivity contribution in [1.82, 2.24) is 4.98 Å². The number of thiazole rings is 1. The lowest BCUT2D eigenvalue weighted by Crippen LogP contribution is -2.06. The molecule has 0 aliphatic heterocycles. The Morgan fingerprint density at radius 1 is 1.38 bits per heavy atom. The Kier molecular flexibility index (Phi) is 6.97. The second kappa shape index (κ2) is 9.19. The van der Waals surface area contributed by atoms with Crippen molar-refractivity contribution >= 4 is 28.7 Å². The van der Waals surface area contributed by atoms with Crippen molar-refractivity contribution in [1.29, 1.82) is 0 Å². The predicted octanol–water partition coefficient (Wildman–Crippen LogP) is 3.87. The van der Waals surface area contributed by atoms with Crippen LogP contribution in [0.2, 0.25) is 0 Å². The molecule has 0 amide bonds. The molecule has 0 spiro atoms. The first kappa shape index (κ1) is 19.7. The van der Waals surface area contributed by atoms with E-state index in [4.69, 9.17) is 14.2 Å². The van der Waals surface area contributed by atoms with E-state index < -0.39 is 0 Å². The number of carbonyl (C=O) groups is 1. The van der Waals surface area contributed by atoms with Gasteiger partial charge in [0.25, 0.3) is 0 Å². The normalized spacial score (nSPS) is 11.0. The van der Waals surface area contributed by atoms with E-state index in [0.717, 1.165) is 5.56 Å². The van der Waals surface area contributed by atoms with Crippen molar-refractivity contribution in [2.75, 3.05) is 19.1 Å². The number of hydrazone groups is 1. The molecule has 2 aromatic rings. The number of aryl methyl sites for hydroxylation is 1. The van der Waals surface area contributed by atoms with Gasteiger partial charge in [-0.05, 0) is 51.5 Å². The van der Waals surface area contributed by atoms with Gasteiger partial charge in [-0.15, -0.1) is 0 Å². The van der Waals surface area contributed by atoms with E-state index in [2.05, 4.69) is 15.5 Å². The van der Waals surface area contributed by atoms with E-state index in [9.17, 15) is 4.79 Å². The monoisotopic (exact) mass is 377 g/mol. The smallest absolute Gasteiger partial charge is 0.350 e. The largest absolute Gasteiger partial charge is 0.493 e. The molecule has 26 heavy (non-hydrogen) atoms. The molecule has 0 unspecified atom stereocenters. The summed E-state index contributed by atoms with van der Waals surface area (Å²) < 4.78 is 16.0. The second-order valence-electron chi connectivity index (χ2n) is 5.60. The molecule has 1 heterocycles. The zero-order valence-electron chi connectivity index (χ0n) is 15.5.